The maximum Gasteiger partial charge on any atom is 0.194 e. The number of hydrogen-bond donors (Lipinski definition) is 2. The third kappa shape index (κ3) is 2.25. The lowest BCUT2D eigenvalue weighted by Crippen LogP contribution is -2.03. The maximum absolute atomic E-state index is 9.54. The van der Waals surface area contributed by atoms with E-state index < -0.39 is 0 Å². The van der Waals surface area contributed by atoms with Gasteiger partial charge in [-0.05, 0) is 44.5 Å². The van der Waals surface area contributed by atoms with Crippen LogP contribution < -0.4 is 5.32 Å². The van der Waals surface area contributed by atoms with Crippen LogP contribution in [0.5, 0.6) is 5.75 Å². The molecule has 2 N–H and O–H groups in total. The van der Waals surface area contributed by atoms with Crippen LogP contribution in [0.4, 0.5) is 5.69 Å². The highest BCUT2D eigenvalue weighted by Crippen LogP contribution is 2.23. The minimum Gasteiger partial charge on any atom is -0.508 e. The minimum absolute atomic E-state index is 0.326. The van der Waals surface area contributed by atoms with Crippen molar-refractivity contribution in [2.24, 2.45) is 0 Å². The van der Waals surface area contributed by atoms with E-state index in [9.17, 15) is 5.11 Å². The molecule has 104 valence electrons. The van der Waals surface area contributed by atoms with Crippen molar-refractivity contribution in [3.05, 3.63) is 46.2 Å². The van der Waals surface area contributed by atoms with Crippen molar-refractivity contribution in [1.29, 1.82) is 0 Å². The van der Waals surface area contributed by atoms with E-state index in [4.69, 9.17) is 0 Å². The number of anilines is 1. The Labute approximate surface area is 121 Å². The summed E-state index contributed by atoms with van der Waals surface area (Å²) in [6, 6.07) is 5.54. The molecule has 0 saturated carbocycles. The third-order valence-electron chi connectivity index (χ3n) is 3.40. The van der Waals surface area contributed by atoms with Crippen molar-refractivity contribution in [2.45, 2.75) is 27.3 Å². The SMILES string of the molecule is Cc1cn2c(CNc3ccc(O)c(C)c3)c(C)nc2s1. The van der Waals surface area contributed by atoms with E-state index in [1.165, 1.54) is 10.6 Å². The largest absolute Gasteiger partial charge is 0.508 e. The van der Waals surface area contributed by atoms with Gasteiger partial charge in [0.15, 0.2) is 4.96 Å². The van der Waals surface area contributed by atoms with E-state index >= 15 is 0 Å². The molecule has 0 radical (unpaired) electrons. The Balaban J connectivity index is 1.85. The lowest BCUT2D eigenvalue weighted by Gasteiger charge is -2.08. The number of fused-ring (bicyclic) bond motifs is 1. The number of phenolic OH excluding ortho intramolecular Hbond substituents is 1. The Kier molecular flexibility index (Phi) is 3.14. The summed E-state index contributed by atoms with van der Waals surface area (Å²) in [5.41, 5.74) is 4.10. The molecule has 0 aliphatic heterocycles. The summed E-state index contributed by atoms with van der Waals surface area (Å²) in [4.78, 5) is 6.88. The fraction of sp³-hybridized carbons (Fsp3) is 0.267. The number of thiazole rings is 1. The summed E-state index contributed by atoms with van der Waals surface area (Å²) in [5.74, 6) is 0.326. The van der Waals surface area contributed by atoms with E-state index in [-0.39, 0.29) is 0 Å². The Morgan fingerprint density at radius 3 is 2.85 bits per heavy atom. The topological polar surface area (TPSA) is 49.6 Å². The van der Waals surface area contributed by atoms with Crippen molar-refractivity contribution >= 4 is 22.0 Å². The number of rotatable bonds is 3. The van der Waals surface area contributed by atoms with Crippen LogP contribution in [0.2, 0.25) is 0 Å². The van der Waals surface area contributed by atoms with Crippen molar-refractivity contribution in [3.8, 4) is 5.75 Å². The summed E-state index contributed by atoms with van der Waals surface area (Å²) < 4.78 is 2.15. The number of imidazole rings is 1. The first-order valence-electron chi connectivity index (χ1n) is 6.52. The van der Waals surface area contributed by atoms with Crippen LogP contribution in [0.3, 0.4) is 0 Å². The average Bonchev–Trinajstić information content (AvgIpc) is 2.87. The molecule has 0 atom stereocenters. The predicted molar refractivity (Wildman–Crippen MR) is 82.7 cm³/mol. The second kappa shape index (κ2) is 4.83. The highest BCUT2D eigenvalue weighted by Gasteiger charge is 2.10. The zero-order chi connectivity index (χ0) is 14.3. The molecule has 2 heterocycles. The summed E-state index contributed by atoms with van der Waals surface area (Å²) in [6.45, 7) is 6.74. The molecule has 0 saturated heterocycles. The van der Waals surface area contributed by atoms with E-state index in [2.05, 4.69) is 27.8 Å². The molecule has 0 unspecified atom stereocenters. The molecule has 3 rings (SSSR count). The number of phenols is 1. The molecular weight excluding hydrogens is 270 g/mol. The highest BCUT2D eigenvalue weighted by molar-refractivity contribution is 7.17. The van der Waals surface area contributed by atoms with E-state index in [0.717, 1.165) is 21.9 Å². The molecule has 0 aliphatic rings. The fourth-order valence-corrected chi connectivity index (χ4v) is 3.16. The number of aromatic hydroxyl groups is 1. The van der Waals surface area contributed by atoms with Crippen molar-refractivity contribution in [1.82, 2.24) is 9.38 Å². The molecule has 5 heteroatoms. The Morgan fingerprint density at radius 1 is 1.30 bits per heavy atom. The van der Waals surface area contributed by atoms with E-state index in [0.29, 0.717) is 12.3 Å². The third-order valence-corrected chi connectivity index (χ3v) is 4.30. The van der Waals surface area contributed by atoms with E-state index in [1.54, 1.807) is 17.4 Å². The van der Waals surface area contributed by atoms with Crippen molar-refractivity contribution in [3.63, 3.8) is 0 Å². The van der Waals surface area contributed by atoms with Gasteiger partial charge in [-0.3, -0.25) is 4.40 Å². The van der Waals surface area contributed by atoms with E-state index in [1.807, 2.05) is 26.0 Å². The van der Waals surface area contributed by atoms with Crippen LogP contribution in [0.1, 0.15) is 21.8 Å². The number of aryl methyl sites for hydroxylation is 3. The summed E-state index contributed by atoms with van der Waals surface area (Å²) in [7, 11) is 0. The molecule has 0 bridgehead atoms. The van der Waals surface area contributed by atoms with Gasteiger partial charge in [0.05, 0.1) is 17.9 Å². The number of hydrogen-bond acceptors (Lipinski definition) is 4. The smallest absolute Gasteiger partial charge is 0.194 e. The molecule has 4 nitrogen and oxygen atoms in total. The maximum atomic E-state index is 9.54. The number of nitrogens with one attached hydrogen (secondary N) is 1. The summed E-state index contributed by atoms with van der Waals surface area (Å²) in [6.07, 6.45) is 2.12. The van der Waals surface area contributed by atoms with Gasteiger partial charge in [-0.1, -0.05) is 0 Å². The summed E-state index contributed by atoms with van der Waals surface area (Å²) >= 11 is 1.70. The number of benzene rings is 1. The van der Waals surface area contributed by atoms with Gasteiger partial charge < -0.3 is 10.4 Å². The second-order valence-corrected chi connectivity index (χ2v) is 6.21. The highest BCUT2D eigenvalue weighted by atomic mass is 32.1. The molecule has 0 fully saturated rings. The zero-order valence-corrected chi connectivity index (χ0v) is 12.6. The van der Waals surface area contributed by atoms with Crippen LogP contribution in [0.25, 0.3) is 4.96 Å². The van der Waals surface area contributed by atoms with Gasteiger partial charge in [0.25, 0.3) is 0 Å². The van der Waals surface area contributed by atoms with Gasteiger partial charge in [-0.25, -0.2) is 4.98 Å². The van der Waals surface area contributed by atoms with Crippen LogP contribution in [-0.2, 0) is 6.54 Å². The summed E-state index contributed by atoms with van der Waals surface area (Å²) in [5, 5.41) is 12.9. The second-order valence-electron chi connectivity index (χ2n) is 4.99. The van der Waals surface area contributed by atoms with Crippen molar-refractivity contribution in [2.75, 3.05) is 5.32 Å². The fourth-order valence-electron chi connectivity index (χ4n) is 2.27. The Bertz CT molecular complexity index is 773. The molecule has 0 aliphatic carbocycles. The van der Waals surface area contributed by atoms with Crippen LogP contribution >= 0.6 is 11.3 Å². The van der Waals surface area contributed by atoms with Crippen molar-refractivity contribution < 1.29 is 5.11 Å². The van der Waals surface area contributed by atoms with Gasteiger partial charge in [-0.15, -0.1) is 11.3 Å². The first-order valence-corrected chi connectivity index (χ1v) is 7.33. The van der Waals surface area contributed by atoms with Gasteiger partial charge in [0, 0.05) is 16.8 Å². The number of aromatic nitrogens is 2. The molecule has 0 spiro atoms. The zero-order valence-electron chi connectivity index (χ0n) is 11.8. The Hall–Kier alpha value is -2.01. The average molecular weight is 287 g/mol. The normalized spacial score (nSPS) is 11.2. The molecule has 20 heavy (non-hydrogen) atoms. The predicted octanol–water partition coefficient (Wildman–Crippen LogP) is 3.64. The molecule has 2 aromatic heterocycles. The molecule has 3 aromatic rings. The lowest BCUT2D eigenvalue weighted by atomic mass is 10.2. The number of nitrogens with zero attached hydrogens (tertiary/aromatic N) is 2. The van der Waals surface area contributed by atoms with Gasteiger partial charge in [0.1, 0.15) is 5.75 Å². The van der Waals surface area contributed by atoms with Crippen LogP contribution in [0.15, 0.2) is 24.4 Å². The van der Waals surface area contributed by atoms with Gasteiger partial charge in [0.2, 0.25) is 0 Å². The Morgan fingerprint density at radius 2 is 2.10 bits per heavy atom. The van der Waals surface area contributed by atoms with Crippen LogP contribution in [0, 0.1) is 20.8 Å². The molecule has 1 aromatic carbocycles. The standard InChI is InChI=1S/C15H17N3OS/c1-9-6-12(4-5-14(9)19)16-7-13-11(3)17-15-18(13)8-10(2)20-15/h4-6,8,16,19H,7H2,1-3H3. The monoisotopic (exact) mass is 287 g/mol. The minimum atomic E-state index is 0.326. The molecule has 0 amide bonds. The lowest BCUT2D eigenvalue weighted by molar-refractivity contribution is 0.471. The quantitative estimate of drug-likeness (QED) is 0.723. The first kappa shape index (κ1) is 13.0. The first-order chi connectivity index (χ1) is 9.54. The molecular formula is C15H17N3OS. The van der Waals surface area contributed by atoms with Gasteiger partial charge >= 0.3 is 0 Å². The van der Waals surface area contributed by atoms with Gasteiger partial charge in [-0.2, -0.15) is 0 Å². The van der Waals surface area contributed by atoms with Crippen LogP contribution in [-0.4, -0.2) is 14.5 Å².